The predicted molar refractivity (Wildman–Crippen MR) is 88.2 cm³/mol. The van der Waals surface area contributed by atoms with E-state index in [-0.39, 0.29) is 17.0 Å². The Bertz CT molecular complexity index is 711. The number of aromatic nitrogens is 2. The van der Waals surface area contributed by atoms with Crippen LogP contribution in [0.4, 0.5) is 4.39 Å². The highest BCUT2D eigenvalue weighted by Crippen LogP contribution is 2.36. The number of hydrogen-bond acceptors (Lipinski definition) is 3. The normalized spacial score (nSPS) is 19.3. The fraction of sp³-hybridized carbons (Fsp3) is 0.471. The van der Waals surface area contributed by atoms with Crippen molar-refractivity contribution < 1.29 is 13.7 Å². The van der Waals surface area contributed by atoms with Crippen LogP contribution in [-0.4, -0.2) is 28.1 Å². The third-order valence-corrected chi connectivity index (χ3v) is 4.82. The van der Waals surface area contributed by atoms with E-state index in [1.165, 1.54) is 12.1 Å². The van der Waals surface area contributed by atoms with Crippen molar-refractivity contribution in [1.82, 2.24) is 9.78 Å². The van der Waals surface area contributed by atoms with Crippen molar-refractivity contribution in [3.63, 3.8) is 0 Å². The van der Waals surface area contributed by atoms with E-state index in [4.69, 9.17) is 9.31 Å². The molecular formula is C17H22BFN2O2. The van der Waals surface area contributed by atoms with Gasteiger partial charge in [-0.25, -0.2) is 4.39 Å². The second-order valence-corrected chi connectivity index (χ2v) is 7.13. The van der Waals surface area contributed by atoms with Crippen LogP contribution in [0.15, 0.2) is 30.6 Å². The van der Waals surface area contributed by atoms with Gasteiger partial charge in [-0.1, -0.05) is 6.07 Å². The second kappa shape index (κ2) is 5.46. The molecule has 1 aromatic carbocycles. The largest absolute Gasteiger partial charge is 0.498 e. The number of nitrogens with zero attached hydrogens (tertiary/aromatic N) is 2. The predicted octanol–water partition coefficient (Wildman–Crippen LogP) is 2.68. The SMILES string of the molecule is Cc1cc(F)ccc1Cn1cc(B2OC(C)(C)C(C)(C)O2)cn1. The van der Waals surface area contributed by atoms with E-state index in [1.54, 1.807) is 12.3 Å². The van der Waals surface area contributed by atoms with E-state index >= 15 is 0 Å². The number of halogens is 1. The number of hydrogen-bond donors (Lipinski definition) is 0. The zero-order valence-corrected chi connectivity index (χ0v) is 14.3. The number of aryl methyl sites for hydroxylation is 1. The van der Waals surface area contributed by atoms with Gasteiger partial charge in [0.2, 0.25) is 0 Å². The summed E-state index contributed by atoms with van der Waals surface area (Å²) in [5.74, 6) is -0.218. The molecule has 0 amide bonds. The summed E-state index contributed by atoms with van der Waals surface area (Å²) in [6, 6.07) is 4.80. The Hall–Kier alpha value is -1.66. The van der Waals surface area contributed by atoms with Crippen LogP contribution in [0.3, 0.4) is 0 Å². The molecule has 122 valence electrons. The molecule has 0 bridgehead atoms. The van der Waals surface area contributed by atoms with Gasteiger partial charge in [0.05, 0.1) is 17.7 Å². The van der Waals surface area contributed by atoms with Gasteiger partial charge in [-0.2, -0.15) is 5.10 Å². The summed E-state index contributed by atoms with van der Waals surface area (Å²) < 4.78 is 27.1. The van der Waals surface area contributed by atoms with Gasteiger partial charge in [0, 0.05) is 17.9 Å². The van der Waals surface area contributed by atoms with E-state index in [0.29, 0.717) is 6.54 Å². The number of benzene rings is 1. The monoisotopic (exact) mass is 316 g/mol. The van der Waals surface area contributed by atoms with Gasteiger partial charge in [-0.3, -0.25) is 4.68 Å². The van der Waals surface area contributed by atoms with E-state index < -0.39 is 7.12 Å². The molecule has 0 N–H and O–H groups in total. The molecule has 0 unspecified atom stereocenters. The summed E-state index contributed by atoms with van der Waals surface area (Å²) in [6.07, 6.45) is 3.69. The lowest BCUT2D eigenvalue weighted by molar-refractivity contribution is 0.00578. The van der Waals surface area contributed by atoms with Crippen LogP contribution in [0.25, 0.3) is 0 Å². The van der Waals surface area contributed by atoms with Crippen molar-refractivity contribution in [3.05, 3.63) is 47.5 Å². The lowest BCUT2D eigenvalue weighted by Gasteiger charge is -2.32. The maximum atomic E-state index is 13.2. The van der Waals surface area contributed by atoms with Crippen molar-refractivity contribution in [2.24, 2.45) is 0 Å². The minimum Gasteiger partial charge on any atom is -0.399 e. The van der Waals surface area contributed by atoms with Crippen LogP contribution in [0.2, 0.25) is 0 Å². The average molecular weight is 316 g/mol. The zero-order chi connectivity index (χ0) is 16.8. The molecule has 1 fully saturated rings. The Kier molecular flexibility index (Phi) is 3.85. The van der Waals surface area contributed by atoms with Crippen LogP contribution in [0, 0.1) is 12.7 Å². The molecule has 6 heteroatoms. The first kappa shape index (κ1) is 16.2. The summed E-state index contributed by atoms with van der Waals surface area (Å²) in [5, 5.41) is 4.38. The third kappa shape index (κ3) is 3.05. The third-order valence-electron chi connectivity index (χ3n) is 4.82. The molecule has 0 radical (unpaired) electrons. The molecule has 1 aliphatic rings. The van der Waals surface area contributed by atoms with Crippen LogP contribution in [-0.2, 0) is 15.9 Å². The molecule has 0 spiro atoms. The molecule has 3 rings (SSSR count). The summed E-state index contributed by atoms with van der Waals surface area (Å²) >= 11 is 0. The molecule has 2 aromatic rings. The molecule has 1 aromatic heterocycles. The van der Waals surface area contributed by atoms with Gasteiger partial charge >= 0.3 is 7.12 Å². The van der Waals surface area contributed by atoms with Gasteiger partial charge < -0.3 is 9.31 Å². The lowest BCUT2D eigenvalue weighted by Crippen LogP contribution is -2.41. The minimum atomic E-state index is -0.414. The van der Waals surface area contributed by atoms with Crippen molar-refractivity contribution >= 4 is 12.6 Å². The van der Waals surface area contributed by atoms with Crippen molar-refractivity contribution in [1.29, 1.82) is 0 Å². The zero-order valence-electron chi connectivity index (χ0n) is 14.3. The van der Waals surface area contributed by atoms with Crippen LogP contribution in [0.1, 0.15) is 38.8 Å². The molecule has 2 heterocycles. The molecule has 23 heavy (non-hydrogen) atoms. The van der Waals surface area contributed by atoms with E-state index in [1.807, 2.05) is 45.5 Å². The van der Waals surface area contributed by atoms with Crippen molar-refractivity contribution in [3.8, 4) is 0 Å². The maximum Gasteiger partial charge on any atom is 0.498 e. The van der Waals surface area contributed by atoms with Gasteiger partial charge in [-0.05, 0) is 57.9 Å². The van der Waals surface area contributed by atoms with E-state index in [0.717, 1.165) is 16.6 Å². The summed E-state index contributed by atoms with van der Waals surface area (Å²) in [7, 11) is -0.414. The highest BCUT2D eigenvalue weighted by atomic mass is 19.1. The fourth-order valence-corrected chi connectivity index (χ4v) is 2.58. The highest BCUT2D eigenvalue weighted by Gasteiger charge is 2.52. The Labute approximate surface area is 136 Å². The Balaban J connectivity index is 1.77. The summed E-state index contributed by atoms with van der Waals surface area (Å²) in [4.78, 5) is 0. The topological polar surface area (TPSA) is 36.3 Å². The Morgan fingerprint density at radius 1 is 1.17 bits per heavy atom. The quantitative estimate of drug-likeness (QED) is 0.817. The first-order valence-corrected chi connectivity index (χ1v) is 7.81. The van der Waals surface area contributed by atoms with Gasteiger partial charge in [0.15, 0.2) is 0 Å². The molecular weight excluding hydrogens is 294 g/mol. The van der Waals surface area contributed by atoms with Gasteiger partial charge in [0.1, 0.15) is 5.82 Å². The van der Waals surface area contributed by atoms with Gasteiger partial charge in [0.25, 0.3) is 0 Å². The average Bonchev–Trinajstić information content (AvgIpc) is 2.96. The smallest absolute Gasteiger partial charge is 0.399 e. The molecule has 0 aliphatic carbocycles. The fourth-order valence-electron chi connectivity index (χ4n) is 2.58. The standard InChI is InChI=1S/C17H22BFN2O2/c1-12-8-15(19)7-6-13(12)10-21-11-14(9-20-21)18-22-16(2,3)17(4,5)23-18/h6-9,11H,10H2,1-5H3. The summed E-state index contributed by atoms with van der Waals surface area (Å²) in [6.45, 7) is 10.6. The minimum absolute atomic E-state index is 0.218. The molecule has 1 aliphatic heterocycles. The summed E-state index contributed by atoms with van der Waals surface area (Å²) in [5.41, 5.74) is 2.11. The Morgan fingerprint density at radius 3 is 2.43 bits per heavy atom. The molecule has 0 saturated carbocycles. The molecule has 4 nitrogen and oxygen atoms in total. The molecule has 0 atom stereocenters. The second-order valence-electron chi connectivity index (χ2n) is 7.13. The van der Waals surface area contributed by atoms with Crippen LogP contribution < -0.4 is 5.46 Å². The highest BCUT2D eigenvalue weighted by molar-refractivity contribution is 6.61. The van der Waals surface area contributed by atoms with Crippen LogP contribution >= 0.6 is 0 Å². The maximum absolute atomic E-state index is 13.2. The Morgan fingerprint density at radius 2 is 1.83 bits per heavy atom. The molecule has 1 saturated heterocycles. The van der Waals surface area contributed by atoms with Crippen LogP contribution in [0.5, 0.6) is 0 Å². The van der Waals surface area contributed by atoms with E-state index in [2.05, 4.69) is 5.10 Å². The number of rotatable bonds is 3. The van der Waals surface area contributed by atoms with Crippen molar-refractivity contribution in [2.75, 3.05) is 0 Å². The van der Waals surface area contributed by atoms with Crippen molar-refractivity contribution in [2.45, 2.75) is 52.4 Å². The lowest BCUT2D eigenvalue weighted by atomic mass is 9.82. The van der Waals surface area contributed by atoms with E-state index in [9.17, 15) is 4.39 Å². The van der Waals surface area contributed by atoms with Gasteiger partial charge in [-0.15, -0.1) is 0 Å². The first-order valence-electron chi connectivity index (χ1n) is 7.81. The first-order chi connectivity index (χ1) is 10.7.